The van der Waals surface area contributed by atoms with Crippen molar-refractivity contribution in [3.8, 4) is 0 Å². The molecule has 21 heavy (non-hydrogen) atoms. The fourth-order valence-electron chi connectivity index (χ4n) is 2.97. The van der Waals surface area contributed by atoms with Gasteiger partial charge < -0.3 is 15.1 Å². The van der Waals surface area contributed by atoms with E-state index in [0.717, 1.165) is 37.2 Å². The van der Waals surface area contributed by atoms with E-state index in [9.17, 15) is 0 Å². The number of nitrogens with zero attached hydrogens (tertiary/aromatic N) is 2. The summed E-state index contributed by atoms with van der Waals surface area (Å²) in [7, 11) is 2.21. The number of halogens is 1. The SMILES string of the molecule is CC(C)CNCc1cc(Br)ccc1N1CCN(C)CC1C. The topological polar surface area (TPSA) is 18.5 Å². The fourth-order valence-corrected chi connectivity index (χ4v) is 3.38. The Kier molecular flexibility index (Phi) is 6.08. The lowest BCUT2D eigenvalue weighted by molar-refractivity contribution is 0.275. The summed E-state index contributed by atoms with van der Waals surface area (Å²) in [6.07, 6.45) is 0. The molecule has 1 aliphatic heterocycles. The van der Waals surface area contributed by atoms with Gasteiger partial charge >= 0.3 is 0 Å². The summed E-state index contributed by atoms with van der Waals surface area (Å²) < 4.78 is 1.16. The highest BCUT2D eigenvalue weighted by molar-refractivity contribution is 9.10. The number of anilines is 1. The summed E-state index contributed by atoms with van der Waals surface area (Å²) in [5.74, 6) is 0.683. The van der Waals surface area contributed by atoms with Crippen LogP contribution >= 0.6 is 15.9 Å². The molecule has 1 aliphatic rings. The van der Waals surface area contributed by atoms with Gasteiger partial charge in [-0.2, -0.15) is 0 Å². The first kappa shape index (κ1) is 16.8. The maximum absolute atomic E-state index is 3.61. The molecule has 0 amide bonds. The molecule has 4 heteroatoms. The van der Waals surface area contributed by atoms with E-state index >= 15 is 0 Å². The number of hydrogen-bond donors (Lipinski definition) is 1. The lowest BCUT2D eigenvalue weighted by atomic mass is 10.1. The number of hydrogen-bond acceptors (Lipinski definition) is 3. The Labute approximate surface area is 137 Å². The van der Waals surface area contributed by atoms with Crippen molar-refractivity contribution in [3.05, 3.63) is 28.2 Å². The molecule has 3 nitrogen and oxygen atoms in total. The van der Waals surface area contributed by atoms with Crippen LogP contribution in [0.25, 0.3) is 0 Å². The van der Waals surface area contributed by atoms with Crippen LogP contribution in [0.2, 0.25) is 0 Å². The van der Waals surface area contributed by atoms with E-state index in [1.165, 1.54) is 11.3 Å². The molecular weight excluding hydrogens is 326 g/mol. The van der Waals surface area contributed by atoms with Crippen LogP contribution in [-0.2, 0) is 6.54 Å². The van der Waals surface area contributed by atoms with E-state index in [1.54, 1.807) is 0 Å². The van der Waals surface area contributed by atoms with E-state index in [0.29, 0.717) is 12.0 Å². The first-order chi connectivity index (χ1) is 9.97. The lowest BCUT2D eigenvalue weighted by Crippen LogP contribution is -2.50. The highest BCUT2D eigenvalue weighted by atomic mass is 79.9. The quantitative estimate of drug-likeness (QED) is 0.875. The number of benzene rings is 1. The lowest BCUT2D eigenvalue weighted by Gasteiger charge is -2.40. The van der Waals surface area contributed by atoms with Gasteiger partial charge in [-0.15, -0.1) is 0 Å². The number of nitrogens with one attached hydrogen (secondary N) is 1. The van der Waals surface area contributed by atoms with E-state index in [4.69, 9.17) is 0 Å². The summed E-state index contributed by atoms with van der Waals surface area (Å²) in [4.78, 5) is 4.97. The van der Waals surface area contributed by atoms with Crippen LogP contribution in [0.15, 0.2) is 22.7 Å². The van der Waals surface area contributed by atoms with Gasteiger partial charge in [-0.25, -0.2) is 0 Å². The molecule has 0 saturated carbocycles. The standard InChI is InChI=1S/C17H28BrN3/c1-13(2)10-19-11-15-9-16(18)5-6-17(15)21-8-7-20(4)12-14(21)3/h5-6,9,13-14,19H,7-8,10-12H2,1-4H3. The summed E-state index contributed by atoms with van der Waals surface area (Å²) in [5, 5.41) is 3.57. The molecule has 1 heterocycles. The van der Waals surface area contributed by atoms with Gasteiger partial charge in [0, 0.05) is 42.4 Å². The molecule has 1 fully saturated rings. The summed E-state index contributed by atoms with van der Waals surface area (Å²) in [6, 6.07) is 7.24. The molecular formula is C17H28BrN3. The first-order valence-electron chi connectivity index (χ1n) is 7.91. The van der Waals surface area contributed by atoms with Crippen LogP contribution in [0, 0.1) is 5.92 Å². The first-order valence-corrected chi connectivity index (χ1v) is 8.71. The van der Waals surface area contributed by atoms with Gasteiger partial charge in [0.05, 0.1) is 0 Å². The largest absolute Gasteiger partial charge is 0.366 e. The zero-order valence-electron chi connectivity index (χ0n) is 13.7. The Morgan fingerprint density at radius 1 is 1.33 bits per heavy atom. The molecule has 1 aromatic rings. The van der Waals surface area contributed by atoms with Gasteiger partial charge in [-0.05, 0) is 50.2 Å². The molecule has 2 rings (SSSR count). The Balaban J connectivity index is 2.14. The average molecular weight is 354 g/mol. The molecule has 0 aromatic heterocycles. The Morgan fingerprint density at radius 3 is 2.76 bits per heavy atom. The second-order valence-corrected chi connectivity index (χ2v) is 7.52. The summed E-state index contributed by atoms with van der Waals surface area (Å²) in [5.41, 5.74) is 2.77. The van der Waals surface area contributed by atoms with Gasteiger partial charge in [-0.3, -0.25) is 0 Å². The predicted octanol–water partition coefficient (Wildman–Crippen LogP) is 3.34. The van der Waals surface area contributed by atoms with Gasteiger partial charge in [0.1, 0.15) is 0 Å². The highest BCUT2D eigenvalue weighted by Gasteiger charge is 2.23. The summed E-state index contributed by atoms with van der Waals surface area (Å²) in [6.45, 7) is 12.2. The van der Waals surface area contributed by atoms with Gasteiger partial charge in [0.2, 0.25) is 0 Å². The molecule has 0 bridgehead atoms. The number of rotatable bonds is 5. The molecule has 0 radical (unpaired) electrons. The van der Waals surface area contributed by atoms with Gasteiger partial charge in [0.15, 0.2) is 0 Å². The maximum Gasteiger partial charge on any atom is 0.0415 e. The third-order valence-electron chi connectivity index (χ3n) is 4.05. The van der Waals surface area contributed by atoms with Crippen molar-refractivity contribution < 1.29 is 0 Å². The third-order valence-corrected chi connectivity index (χ3v) is 4.54. The molecule has 1 atom stereocenters. The zero-order chi connectivity index (χ0) is 15.4. The molecule has 0 spiro atoms. The molecule has 1 aromatic carbocycles. The van der Waals surface area contributed by atoms with Crippen molar-refractivity contribution in [2.75, 3.05) is 38.1 Å². The molecule has 1 saturated heterocycles. The highest BCUT2D eigenvalue weighted by Crippen LogP contribution is 2.27. The van der Waals surface area contributed by atoms with E-state index in [1.807, 2.05) is 0 Å². The average Bonchev–Trinajstić information content (AvgIpc) is 2.39. The van der Waals surface area contributed by atoms with E-state index < -0.39 is 0 Å². The molecule has 1 unspecified atom stereocenters. The van der Waals surface area contributed by atoms with Crippen LogP contribution in [0.1, 0.15) is 26.3 Å². The van der Waals surface area contributed by atoms with Crippen LogP contribution in [0.4, 0.5) is 5.69 Å². The smallest absolute Gasteiger partial charge is 0.0415 e. The zero-order valence-corrected chi connectivity index (χ0v) is 15.3. The fraction of sp³-hybridized carbons (Fsp3) is 0.647. The minimum atomic E-state index is 0.564. The van der Waals surface area contributed by atoms with Crippen molar-refractivity contribution in [1.29, 1.82) is 0 Å². The van der Waals surface area contributed by atoms with Crippen molar-refractivity contribution in [3.63, 3.8) is 0 Å². The molecule has 0 aliphatic carbocycles. The van der Waals surface area contributed by atoms with Crippen molar-refractivity contribution in [2.45, 2.75) is 33.4 Å². The van der Waals surface area contributed by atoms with Gasteiger partial charge in [0.25, 0.3) is 0 Å². The minimum Gasteiger partial charge on any atom is -0.366 e. The van der Waals surface area contributed by atoms with E-state index in [2.05, 4.69) is 77.1 Å². The van der Waals surface area contributed by atoms with Crippen molar-refractivity contribution in [1.82, 2.24) is 10.2 Å². The second-order valence-electron chi connectivity index (χ2n) is 6.60. The van der Waals surface area contributed by atoms with Crippen LogP contribution in [0.3, 0.4) is 0 Å². The number of likely N-dealkylation sites (N-methyl/N-ethyl adjacent to an activating group) is 1. The summed E-state index contributed by atoms with van der Waals surface area (Å²) >= 11 is 3.61. The monoisotopic (exact) mass is 353 g/mol. The maximum atomic E-state index is 3.61. The third kappa shape index (κ3) is 4.70. The van der Waals surface area contributed by atoms with Gasteiger partial charge in [-0.1, -0.05) is 29.8 Å². The Hall–Kier alpha value is -0.580. The van der Waals surface area contributed by atoms with Crippen LogP contribution in [-0.4, -0.2) is 44.2 Å². The number of piperazine rings is 1. The predicted molar refractivity (Wildman–Crippen MR) is 95.0 cm³/mol. The van der Waals surface area contributed by atoms with E-state index in [-0.39, 0.29) is 0 Å². The molecule has 1 N–H and O–H groups in total. The Bertz CT molecular complexity index is 461. The van der Waals surface area contributed by atoms with Crippen LogP contribution in [0.5, 0.6) is 0 Å². The second kappa shape index (κ2) is 7.61. The van der Waals surface area contributed by atoms with Crippen LogP contribution < -0.4 is 10.2 Å². The Morgan fingerprint density at radius 2 is 2.10 bits per heavy atom. The van der Waals surface area contributed by atoms with Crippen molar-refractivity contribution >= 4 is 21.6 Å². The molecule has 118 valence electrons. The van der Waals surface area contributed by atoms with Crippen molar-refractivity contribution in [2.24, 2.45) is 5.92 Å². The minimum absolute atomic E-state index is 0.564. The normalized spacial score (nSPS) is 20.3.